The van der Waals surface area contributed by atoms with Crippen molar-refractivity contribution in [3.05, 3.63) is 0 Å². The summed E-state index contributed by atoms with van der Waals surface area (Å²) in [5, 5.41) is 0. The number of hydrogen-bond acceptors (Lipinski definition) is 3. The molecule has 0 spiro atoms. The second-order valence-electron chi connectivity index (χ2n) is 0.513. The van der Waals surface area contributed by atoms with Crippen LogP contribution in [0.1, 0.15) is 0 Å². The first-order valence-corrected chi connectivity index (χ1v) is 2.35. The molecule has 0 fully saturated rings. The van der Waals surface area contributed by atoms with Crippen LogP contribution in [0.4, 0.5) is 0 Å². The molecule has 0 aromatic heterocycles. The molecular weight excluding hydrogens is 155 g/mol. The van der Waals surface area contributed by atoms with Gasteiger partial charge in [0.05, 0.1) is 0 Å². The molecule has 0 heterocycles. The van der Waals surface area contributed by atoms with Crippen molar-refractivity contribution >= 4 is 7.82 Å². The van der Waals surface area contributed by atoms with E-state index in [0.717, 1.165) is 0 Å². The fourth-order valence-corrected chi connectivity index (χ4v) is 0. The molecule has 0 saturated carbocycles. The van der Waals surface area contributed by atoms with E-state index < -0.39 is 7.82 Å². The number of rotatable bonds is 0. The minimum atomic E-state index is -4.64. The summed E-state index contributed by atoms with van der Waals surface area (Å²) in [5.41, 5.74) is 0. The van der Waals surface area contributed by atoms with Crippen LogP contribution in [0, 0.1) is 0 Å². The molecule has 0 bridgehead atoms. The van der Waals surface area contributed by atoms with E-state index >= 15 is 0 Å². The molecule has 8 nitrogen and oxygen atoms in total. The maximum Gasteiger partial charge on any atom is 0.466 e. The van der Waals surface area contributed by atoms with Gasteiger partial charge in [0.1, 0.15) is 0 Å². The first kappa shape index (κ1) is 36.3. The van der Waals surface area contributed by atoms with Gasteiger partial charge >= 0.3 is 7.82 Å². The van der Waals surface area contributed by atoms with Crippen molar-refractivity contribution in [3.63, 3.8) is 0 Å². The van der Waals surface area contributed by atoms with Gasteiger partial charge in [-0.3, -0.25) is 0 Å². The summed E-state index contributed by atoms with van der Waals surface area (Å²) in [6.07, 6.45) is 0. The summed E-state index contributed by atoms with van der Waals surface area (Å²) >= 11 is 0. The van der Waals surface area contributed by atoms with Gasteiger partial charge in [-0.25, -0.2) is 4.57 Å². The quantitative estimate of drug-likeness (QED) is 0.251. The standard InChI is InChI=1S/2H3N.H3O4P.2H2O/c;;1-5(2,3)4;;/h2*1H3;(H3,1,2,3,4);2*1H2. The molecular formula is H13N2O6P. The molecule has 0 aliphatic carbocycles. The van der Waals surface area contributed by atoms with Crippen LogP contribution < -0.4 is 12.3 Å². The summed E-state index contributed by atoms with van der Waals surface area (Å²) < 4.78 is 8.88. The van der Waals surface area contributed by atoms with Crippen LogP contribution in [0.5, 0.6) is 0 Å². The SMILES string of the molecule is N.N.O.O.O=P(O)(O)O. The monoisotopic (exact) mass is 168 g/mol. The minimum absolute atomic E-state index is 0. The average molecular weight is 168 g/mol. The normalized spacial score (nSPS) is 6.56. The van der Waals surface area contributed by atoms with Gasteiger partial charge < -0.3 is 37.9 Å². The summed E-state index contributed by atoms with van der Waals surface area (Å²) in [4.78, 5) is 21.6. The Bertz CT molecular complexity index is 57.2. The molecule has 0 atom stereocenters. The molecule has 0 unspecified atom stereocenters. The van der Waals surface area contributed by atoms with E-state index in [4.69, 9.17) is 19.2 Å². The Morgan fingerprint density at radius 2 is 0.889 bits per heavy atom. The Kier molecular flexibility index (Phi) is 43.7. The van der Waals surface area contributed by atoms with E-state index in [2.05, 4.69) is 0 Å². The van der Waals surface area contributed by atoms with Crippen LogP contribution in [-0.2, 0) is 4.57 Å². The van der Waals surface area contributed by atoms with E-state index in [9.17, 15) is 0 Å². The molecule has 0 amide bonds. The minimum Gasteiger partial charge on any atom is -0.412 e. The van der Waals surface area contributed by atoms with Gasteiger partial charge in [-0.2, -0.15) is 0 Å². The van der Waals surface area contributed by atoms with Gasteiger partial charge in [0.2, 0.25) is 0 Å². The lowest BCUT2D eigenvalue weighted by atomic mass is 14.0. The third kappa shape index (κ3) is 113000. The maximum atomic E-state index is 8.88. The Morgan fingerprint density at radius 3 is 0.889 bits per heavy atom. The van der Waals surface area contributed by atoms with Gasteiger partial charge in [0.25, 0.3) is 0 Å². The van der Waals surface area contributed by atoms with Gasteiger partial charge in [-0.05, 0) is 0 Å². The zero-order valence-corrected chi connectivity index (χ0v) is 5.51. The zero-order chi connectivity index (χ0) is 4.50. The van der Waals surface area contributed by atoms with Crippen molar-refractivity contribution in [2.24, 2.45) is 0 Å². The molecule has 0 aromatic rings. The van der Waals surface area contributed by atoms with E-state index in [-0.39, 0.29) is 23.3 Å². The van der Waals surface area contributed by atoms with Crippen molar-refractivity contribution in [2.75, 3.05) is 0 Å². The van der Waals surface area contributed by atoms with Gasteiger partial charge in [-0.15, -0.1) is 0 Å². The zero-order valence-electron chi connectivity index (χ0n) is 4.61. The molecule has 0 aliphatic rings. The van der Waals surface area contributed by atoms with Gasteiger partial charge in [0.15, 0.2) is 0 Å². The summed E-state index contributed by atoms with van der Waals surface area (Å²) in [6.45, 7) is 0. The molecule has 9 heteroatoms. The highest BCUT2D eigenvalue weighted by molar-refractivity contribution is 7.45. The molecule has 13 N–H and O–H groups in total. The summed E-state index contributed by atoms with van der Waals surface area (Å²) in [5.74, 6) is 0. The van der Waals surface area contributed by atoms with E-state index in [0.29, 0.717) is 0 Å². The van der Waals surface area contributed by atoms with E-state index in [1.54, 1.807) is 0 Å². The Balaban J connectivity index is -0.0000000133. The van der Waals surface area contributed by atoms with Crippen LogP contribution in [0.15, 0.2) is 0 Å². The fraction of sp³-hybridized carbons (Fsp3) is 0. The molecule has 0 radical (unpaired) electrons. The van der Waals surface area contributed by atoms with Crippen LogP contribution in [0.3, 0.4) is 0 Å². The predicted octanol–water partition coefficient (Wildman–Crippen LogP) is -2.25. The largest absolute Gasteiger partial charge is 0.466 e. The fourth-order valence-electron chi connectivity index (χ4n) is 0. The first-order valence-electron chi connectivity index (χ1n) is 0.783. The van der Waals surface area contributed by atoms with Crippen LogP contribution in [-0.4, -0.2) is 25.6 Å². The topological polar surface area (TPSA) is 211 Å². The van der Waals surface area contributed by atoms with Gasteiger partial charge in [0, 0.05) is 0 Å². The third-order valence-corrected chi connectivity index (χ3v) is 0. The van der Waals surface area contributed by atoms with Gasteiger partial charge in [-0.1, -0.05) is 0 Å². The van der Waals surface area contributed by atoms with Crippen molar-refractivity contribution in [1.82, 2.24) is 12.3 Å². The maximum absolute atomic E-state index is 8.88. The van der Waals surface area contributed by atoms with Crippen LogP contribution in [0.2, 0.25) is 0 Å². The third-order valence-electron chi connectivity index (χ3n) is 0. The lowest BCUT2D eigenvalue weighted by molar-refractivity contribution is 0.275. The number of hydrogen-bond donors (Lipinski definition) is 5. The Morgan fingerprint density at radius 1 is 0.889 bits per heavy atom. The smallest absolute Gasteiger partial charge is 0.412 e. The molecule has 64 valence electrons. The highest BCUT2D eigenvalue weighted by Crippen LogP contribution is 2.25. The lowest BCUT2D eigenvalue weighted by Gasteiger charge is -1.82. The van der Waals surface area contributed by atoms with Crippen molar-refractivity contribution in [1.29, 1.82) is 0 Å². The highest BCUT2D eigenvalue weighted by Gasteiger charge is 2.00. The summed E-state index contributed by atoms with van der Waals surface area (Å²) in [6, 6.07) is 0. The highest BCUT2D eigenvalue weighted by atomic mass is 31.2. The first-order chi connectivity index (χ1) is 2.00. The number of phosphoric acid groups is 1. The lowest BCUT2D eigenvalue weighted by Crippen LogP contribution is -1.66. The summed E-state index contributed by atoms with van der Waals surface area (Å²) in [7, 11) is -4.64. The molecule has 0 aromatic carbocycles. The van der Waals surface area contributed by atoms with E-state index in [1.165, 1.54) is 0 Å². The molecule has 9 heavy (non-hydrogen) atoms. The second kappa shape index (κ2) is 10.8. The van der Waals surface area contributed by atoms with Crippen LogP contribution in [0.25, 0.3) is 0 Å². The molecule has 0 saturated heterocycles. The molecule has 0 rings (SSSR count). The van der Waals surface area contributed by atoms with Crippen molar-refractivity contribution < 1.29 is 30.2 Å². The second-order valence-corrected chi connectivity index (χ2v) is 1.54. The van der Waals surface area contributed by atoms with E-state index in [1.807, 2.05) is 0 Å². The Hall–Kier alpha value is -0.0500. The van der Waals surface area contributed by atoms with Crippen molar-refractivity contribution in [2.45, 2.75) is 0 Å². The van der Waals surface area contributed by atoms with Crippen molar-refractivity contribution in [3.8, 4) is 0 Å². The average Bonchev–Trinajstić information content (AvgIpc) is 0.722. The Labute approximate surface area is 51.5 Å². The molecule has 0 aliphatic heterocycles. The van der Waals surface area contributed by atoms with Crippen LogP contribution >= 0.6 is 7.82 Å². The predicted molar refractivity (Wildman–Crippen MR) is 31.5 cm³/mol.